The van der Waals surface area contributed by atoms with Crippen LogP contribution >= 0.6 is 0 Å². The molecular weight excluding hydrogens is 198 g/mol. The number of hydrogen-bond donors (Lipinski definition) is 1. The third kappa shape index (κ3) is 2.45. The lowest BCUT2D eigenvalue weighted by molar-refractivity contribution is 0.158. The fourth-order valence-electron chi connectivity index (χ4n) is 2.62. The summed E-state index contributed by atoms with van der Waals surface area (Å²) in [6, 6.07) is 9.27. The van der Waals surface area contributed by atoms with Crippen molar-refractivity contribution in [1.29, 1.82) is 0 Å². The van der Waals surface area contributed by atoms with Gasteiger partial charge in [-0.3, -0.25) is 0 Å². The van der Waals surface area contributed by atoms with Gasteiger partial charge in [-0.05, 0) is 36.4 Å². The van der Waals surface area contributed by atoms with Crippen LogP contribution in [0.5, 0.6) is 0 Å². The minimum Gasteiger partial charge on any atom is -0.383 e. The van der Waals surface area contributed by atoms with Crippen molar-refractivity contribution in [1.82, 2.24) is 5.32 Å². The van der Waals surface area contributed by atoms with Crippen LogP contribution in [0.25, 0.3) is 0 Å². The number of hydrogen-bond acceptors (Lipinski definition) is 2. The number of likely N-dealkylation sites (N-methyl/N-ethyl adjacent to an activating group) is 1. The van der Waals surface area contributed by atoms with Crippen molar-refractivity contribution < 1.29 is 4.74 Å². The van der Waals surface area contributed by atoms with E-state index in [9.17, 15) is 0 Å². The fraction of sp³-hybridized carbons (Fsp3) is 0.571. The van der Waals surface area contributed by atoms with E-state index < -0.39 is 0 Å². The number of nitrogens with one attached hydrogen (secondary N) is 1. The Hall–Kier alpha value is -0.860. The van der Waals surface area contributed by atoms with Gasteiger partial charge < -0.3 is 10.1 Å². The second-order valence-electron chi connectivity index (χ2n) is 4.55. The van der Waals surface area contributed by atoms with E-state index in [2.05, 4.69) is 36.5 Å². The van der Waals surface area contributed by atoms with Gasteiger partial charge in [-0.2, -0.15) is 0 Å². The molecule has 2 unspecified atom stereocenters. The summed E-state index contributed by atoms with van der Waals surface area (Å²) in [6.07, 6.45) is 2.43. The molecule has 0 amide bonds. The van der Waals surface area contributed by atoms with E-state index in [1.807, 2.05) is 0 Å². The molecule has 2 heteroatoms. The van der Waals surface area contributed by atoms with Crippen molar-refractivity contribution in [3.63, 3.8) is 0 Å². The van der Waals surface area contributed by atoms with Crippen LogP contribution in [0.1, 0.15) is 30.4 Å². The molecule has 0 radical (unpaired) electrons. The summed E-state index contributed by atoms with van der Waals surface area (Å²) >= 11 is 0. The van der Waals surface area contributed by atoms with Crippen molar-refractivity contribution in [3.05, 3.63) is 35.4 Å². The van der Waals surface area contributed by atoms with E-state index in [1.165, 1.54) is 18.4 Å². The Morgan fingerprint density at radius 3 is 2.94 bits per heavy atom. The smallest absolute Gasteiger partial charge is 0.0616 e. The maximum absolute atomic E-state index is 5.25. The van der Waals surface area contributed by atoms with Crippen LogP contribution < -0.4 is 5.32 Å². The van der Waals surface area contributed by atoms with Crippen LogP contribution in [0.4, 0.5) is 0 Å². The maximum atomic E-state index is 5.25. The molecule has 0 spiro atoms. The van der Waals surface area contributed by atoms with Crippen molar-refractivity contribution in [3.8, 4) is 0 Å². The Morgan fingerprint density at radius 2 is 2.25 bits per heavy atom. The topological polar surface area (TPSA) is 21.3 Å². The zero-order valence-corrected chi connectivity index (χ0v) is 10.2. The van der Waals surface area contributed by atoms with Gasteiger partial charge in [0.15, 0.2) is 0 Å². The summed E-state index contributed by atoms with van der Waals surface area (Å²) in [5.41, 5.74) is 3.07. The molecule has 1 aromatic carbocycles. The maximum Gasteiger partial charge on any atom is 0.0616 e. The van der Waals surface area contributed by atoms with Gasteiger partial charge in [0.25, 0.3) is 0 Å². The predicted octanol–water partition coefficient (Wildman–Crippen LogP) is 2.34. The molecule has 0 saturated heterocycles. The first-order chi connectivity index (χ1) is 7.85. The fourth-order valence-corrected chi connectivity index (χ4v) is 2.62. The number of rotatable bonds is 6. The average Bonchev–Trinajstić information content (AvgIpc) is 2.26. The normalized spacial score (nSPS) is 20.0. The van der Waals surface area contributed by atoms with E-state index in [0.29, 0.717) is 6.04 Å². The Labute approximate surface area is 98.0 Å². The lowest BCUT2D eigenvalue weighted by Crippen LogP contribution is -2.36. The first-order valence-corrected chi connectivity index (χ1v) is 6.15. The van der Waals surface area contributed by atoms with E-state index in [4.69, 9.17) is 4.74 Å². The summed E-state index contributed by atoms with van der Waals surface area (Å²) in [7, 11) is 1.78. The number of ether oxygens (including phenoxy) is 1. The third-order valence-electron chi connectivity index (χ3n) is 3.39. The largest absolute Gasteiger partial charge is 0.383 e. The van der Waals surface area contributed by atoms with E-state index >= 15 is 0 Å². The standard InChI is InChI=1S/C14H21NO/c1-3-15-13(10-16-2)9-12-8-11-6-4-5-7-14(11)12/h4-7,12-13,15H,3,8-10H2,1-2H3. The molecule has 2 atom stereocenters. The highest BCUT2D eigenvalue weighted by Gasteiger charge is 2.27. The van der Waals surface area contributed by atoms with Gasteiger partial charge >= 0.3 is 0 Å². The summed E-state index contributed by atoms with van der Waals surface area (Å²) in [5, 5.41) is 3.49. The molecule has 1 aliphatic rings. The van der Waals surface area contributed by atoms with Gasteiger partial charge in [-0.1, -0.05) is 31.2 Å². The summed E-state index contributed by atoms with van der Waals surface area (Å²) in [5.74, 6) is 0.732. The molecule has 0 aromatic heterocycles. The average molecular weight is 219 g/mol. The summed E-state index contributed by atoms with van der Waals surface area (Å²) < 4.78 is 5.25. The molecule has 2 rings (SSSR count). The van der Waals surface area contributed by atoms with Crippen molar-refractivity contribution in [2.45, 2.75) is 31.7 Å². The summed E-state index contributed by atoms with van der Waals surface area (Å²) in [4.78, 5) is 0. The highest BCUT2D eigenvalue weighted by molar-refractivity contribution is 5.39. The van der Waals surface area contributed by atoms with Crippen LogP contribution in [-0.4, -0.2) is 26.3 Å². The zero-order chi connectivity index (χ0) is 11.4. The zero-order valence-electron chi connectivity index (χ0n) is 10.2. The van der Waals surface area contributed by atoms with Gasteiger partial charge in [0.2, 0.25) is 0 Å². The van der Waals surface area contributed by atoms with Crippen molar-refractivity contribution in [2.24, 2.45) is 0 Å². The monoisotopic (exact) mass is 219 g/mol. The SMILES string of the molecule is CCNC(COC)CC1Cc2ccccc21. The number of fused-ring (bicyclic) bond motifs is 1. The van der Waals surface area contributed by atoms with Crippen LogP contribution in [0.2, 0.25) is 0 Å². The summed E-state index contributed by atoms with van der Waals surface area (Å²) in [6.45, 7) is 3.98. The molecule has 16 heavy (non-hydrogen) atoms. The van der Waals surface area contributed by atoms with Crippen LogP contribution in [-0.2, 0) is 11.2 Å². The van der Waals surface area contributed by atoms with E-state index in [1.54, 1.807) is 12.7 Å². The molecule has 0 aliphatic heterocycles. The second-order valence-corrected chi connectivity index (χ2v) is 4.55. The Bertz CT molecular complexity index is 331. The molecule has 2 nitrogen and oxygen atoms in total. The quantitative estimate of drug-likeness (QED) is 0.793. The molecule has 1 aromatic rings. The molecule has 0 fully saturated rings. The van der Waals surface area contributed by atoms with Crippen LogP contribution in [0.15, 0.2) is 24.3 Å². The molecule has 0 saturated carbocycles. The first kappa shape index (κ1) is 11.6. The third-order valence-corrected chi connectivity index (χ3v) is 3.39. The van der Waals surface area contributed by atoms with Gasteiger partial charge in [0.1, 0.15) is 0 Å². The highest BCUT2D eigenvalue weighted by atomic mass is 16.5. The van der Waals surface area contributed by atoms with Crippen molar-refractivity contribution in [2.75, 3.05) is 20.3 Å². The van der Waals surface area contributed by atoms with Gasteiger partial charge in [0, 0.05) is 13.2 Å². The van der Waals surface area contributed by atoms with Crippen LogP contribution in [0.3, 0.4) is 0 Å². The molecule has 1 aliphatic carbocycles. The lowest BCUT2D eigenvalue weighted by atomic mass is 9.74. The second kappa shape index (κ2) is 5.46. The number of methoxy groups -OCH3 is 1. The highest BCUT2D eigenvalue weighted by Crippen LogP contribution is 2.37. The Morgan fingerprint density at radius 1 is 1.44 bits per heavy atom. The molecular formula is C14H21NO. The first-order valence-electron chi connectivity index (χ1n) is 6.15. The molecule has 0 heterocycles. The predicted molar refractivity (Wildman–Crippen MR) is 66.8 cm³/mol. The Kier molecular flexibility index (Phi) is 3.97. The van der Waals surface area contributed by atoms with Gasteiger partial charge in [0.05, 0.1) is 6.61 Å². The minimum absolute atomic E-state index is 0.494. The van der Waals surface area contributed by atoms with Crippen LogP contribution in [0, 0.1) is 0 Å². The van der Waals surface area contributed by atoms with Crippen molar-refractivity contribution >= 4 is 0 Å². The Balaban J connectivity index is 1.91. The number of benzene rings is 1. The van der Waals surface area contributed by atoms with Gasteiger partial charge in [-0.25, -0.2) is 0 Å². The molecule has 1 N–H and O–H groups in total. The lowest BCUT2D eigenvalue weighted by Gasteiger charge is -2.33. The molecule has 0 bridgehead atoms. The van der Waals surface area contributed by atoms with Gasteiger partial charge in [-0.15, -0.1) is 0 Å². The minimum atomic E-state index is 0.494. The van der Waals surface area contributed by atoms with E-state index in [-0.39, 0.29) is 0 Å². The molecule has 88 valence electrons. The van der Waals surface area contributed by atoms with E-state index in [0.717, 1.165) is 19.1 Å².